The van der Waals surface area contributed by atoms with E-state index < -0.39 is 18.1 Å². The van der Waals surface area contributed by atoms with Crippen LogP contribution in [0.25, 0.3) is 0 Å². The van der Waals surface area contributed by atoms with E-state index in [0.29, 0.717) is 24.7 Å². The van der Waals surface area contributed by atoms with Crippen LogP contribution in [-0.2, 0) is 27.2 Å². The van der Waals surface area contributed by atoms with Crippen molar-refractivity contribution in [1.29, 1.82) is 0 Å². The molecule has 2 heterocycles. The number of nitrogens with one attached hydrogen (secondary N) is 1. The van der Waals surface area contributed by atoms with Crippen molar-refractivity contribution in [3.8, 4) is 0 Å². The summed E-state index contributed by atoms with van der Waals surface area (Å²) in [5.41, 5.74) is 7.50. The molecule has 3 rings (SSSR count). The average molecular weight is 404 g/mol. The lowest BCUT2D eigenvalue weighted by atomic mass is 9.72. The van der Waals surface area contributed by atoms with Crippen molar-refractivity contribution in [2.24, 2.45) is 17.6 Å². The molecule has 1 aromatic heterocycles. The molecule has 0 radical (unpaired) electrons. The maximum atomic E-state index is 12.2. The van der Waals surface area contributed by atoms with Gasteiger partial charge in [-0.15, -0.1) is 0 Å². The normalized spacial score (nSPS) is 21.5. The molecule has 0 saturated heterocycles. The molecule has 2 amide bonds. The van der Waals surface area contributed by atoms with Crippen LogP contribution < -0.4 is 16.0 Å². The molecule has 4 N–H and O–H groups in total. The van der Waals surface area contributed by atoms with Crippen LogP contribution >= 0.6 is 0 Å². The molecular weight excluding hydrogens is 376 g/mol. The van der Waals surface area contributed by atoms with Gasteiger partial charge in [0.25, 0.3) is 0 Å². The van der Waals surface area contributed by atoms with E-state index in [-0.39, 0.29) is 25.0 Å². The van der Waals surface area contributed by atoms with Crippen molar-refractivity contribution < 1.29 is 24.2 Å². The van der Waals surface area contributed by atoms with Gasteiger partial charge in [-0.1, -0.05) is 6.07 Å². The van der Waals surface area contributed by atoms with Gasteiger partial charge in [0, 0.05) is 24.7 Å². The molecule has 0 bridgehead atoms. The van der Waals surface area contributed by atoms with E-state index in [2.05, 4.69) is 10.3 Å². The zero-order valence-electron chi connectivity index (χ0n) is 16.6. The molecule has 1 atom stereocenters. The number of carbonyl (C=O) groups is 3. The number of fused-ring (bicyclic) bond motifs is 1. The van der Waals surface area contributed by atoms with Crippen LogP contribution in [0.2, 0.25) is 0 Å². The van der Waals surface area contributed by atoms with Crippen molar-refractivity contribution in [3.05, 3.63) is 23.4 Å². The lowest BCUT2D eigenvalue weighted by Gasteiger charge is -2.34. The number of carboxylic acid groups (broad SMARTS) is 1. The van der Waals surface area contributed by atoms with Crippen LogP contribution in [0.3, 0.4) is 0 Å². The average Bonchev–Trinajstić information content (AvgIpc) is 2.67. The van der Waals surface area contributed by atoms with Gasteiger partial charge in [-0.2, -0.15) is 0 Å². The minimum Gasteiger partial charge on any atom is -0.465 e. The number of anilines is 1. The minimum absolute atomic E-state index is 0.0657. The number of esters is 1. The van der Waals surface area contributed by atoms with Gasteiger partial charge in [0.05, 0.1) is 6.61 Å². The number of amides is 2. The summed E-state index contributed by atoms with van der Waals surface area (Å²) in [6.07, 6.45) is 2.86. The van der Waals surface area contributed by atoms with Gasteiger partial charge < -0.3 is 20.9 Å². The first-order valence-electron chi connectivity index (χ1n) is 10.1. The van der Waals surface area contributed by atoms with Gasteiger partial charge >= 0.3 is 12.1 Å². The van der Waals surface area contributed by atoms with Crippen LogP contribution in [0, 0.1) is 11.8 Å². The smallest absolute Gasteiger partial charge is 0.413 e. The molecule has 158 valence electrons. The quantitative estimate of drug-likeness (QED) is 0.579. The fourth-order valence-corrected chi connectivity index (χ4v) is 3.88. The SMILES string of the molecule is CCOC(=O)C(N)CNC(=O)[C@H]1C[C@@H](Cc2ccc3c(n2)N(C(=O)O)CCC3)C1. The summed E-state index contributed by atoms with van der Waals surface area (Å²) in [5.74, 6) is 0.159. The molecule has 9 heteroatoms. The molecule has 1 fully saturated rings. The predicted molar refractivity (Wildman–Crippen MR) is 105 cm³/mol. The van der Waals surface area contributed by atoms with Gasteiger partial charge in [-0.05, 0) is 56.6 Å². The summed E-state index contributed by atoms with van der Waals surface area (Å²) < 4.78 is 4.82. The number of carbonyl (C=O) groups excluding carboxylic acids is 2. The number of rotatable bonds is 7. The molecule has 0 aromatic carbocycles. The van der Waals surface area contributed by atoms with E-state index >= 15 is 0 Å². The number of nitrogens with zero attached hydrogens (tertiary/aromatic N) is 2. The fraction of sp³-hybridized carbons (Fsp3) is 0.600. The molecular formula is C20H28N4O5. The molecule has 1 saturated carbocycles. The van der Waals surface area contributed by atoms with Crippen molar-refractivity contribution in [1.82, 2.24) is 10.3 Å². The van der Waals surface area contributed by atoms with Crippen molar-refractivity contribution in [2.75, 3.05) is 24.6 Å². The second kappa shape index (κ2) is 9.21. The highest BCUT2D eigenvalue weighted by molar-refractivity contribution is 5.86. The van der Waals surface area contributed by atoms with Gasteiger partial charge in [-0.25, -0.2) is 9.78 Å². The van der Waals surface area contributed by atoms with Crippen LogP contribution in [0.5, 0.6) is 0 Å². The Morgan fingerprint density at radius 2 is 2.14 bits per heavy atom. The van der Waals surface area contributed by atoms with Gasteiger partial charge in [-0.3, -0.25) is 14.5 Å². The highest BCUT2D eigenvalue weighted by atomic mass is 16.5. The third-order valence-electron chi connectivity index (χ3n) is 5.52. The summed E-state index contributed by atoms with van der Waals surface area (Å²) in [4.78, 5) is 41.0. The second-order valence-corrected chi connectivity index (χ2v) is 7.67. The number of nitrogens with two attached hydrogens (primary N) is 1. The Hall–Kier alpha value is -2.68. The number of aryl methyl sites for hydroxylation is 1. The zero-order chi connectivity index (χ0) is 21.0. The van der Waals surface area contributed by atoms with E-state index in [1.54, 1.807) is 6.92 Å². The van der Waals surface area contributed by atoms with Crippen molar-refractivity contribution >= 4 is 23.8 Å². The number of aromatic nitrogens is 1. The van der Waals surface area contributed by atoms with Crippen molar-refractivity contribution in [2.45, 2.75) is 45.1 Å². The van der Waals surface area contributed by atoms with Gasteiger partial charge in [0.1, 0.15) is 11.9 Å². The Morgan fingerprint density at radius 3 is 2.83 bits per heavy atom. The zero-order valence-corrected chi connectivity index (χ0v) is 16.6. The second-order valence-electron chi connectivity index (χ2n) is 7.67. The van der Waals surface area contributed by atoms with E-state index in [9.17, 15) is 19.5 Å². The summed E-state index contributed by atoms with van der Waals surface area (Å²) in [7, 11) is 0. The van der Waals surface area contributed by atoms with Crippen LogP contribution in [0.1, 0.15) is 37.4 Å². The molecule has 29 heavy (non-hydrogen) atoms. The third-order valence-corrected chi connectivity index (χ3v) is 5.52. The molecule has 9 nitrogen and oxygen atoms in total. The summed E-state index contributed by atoms with van der Waals surface area (Å²) in [5, 5.41) is 12.1. The molecule has 1 aliphatic heterocycles. The maximum absolute atomic E-state index is 12.2. The highest BCUT2D eigenvalue weighted by Crippen LogP contribution is 2.36. The first kappa shape index (κ1) is 21.0. The minimum atomic E-state index is -0.975. The Bertz CT molecular complexity index is 778. The number of pyridine rings is 1. The Balaban J connectivity index is 1.47. The lowest BCUT2D eigenvalue weighted by Crippen LogP contribution is -2.47. The van der Waals surface area contributed by atoms with Crippen LogP contribution in [0.4, 0.5) is 10.6 Å². The fourth-order valence-electron chi connectivity index (χ4n) is 3.88. The summed E-state index contributed by atoms with van der Waals surface area (Å²) in [6.45, 7) is 2.49. The van der Waals surface area contributed by atoms with Crippen LogP contribution in [0.15, 0.2) is 12.1 Å². The first-order valence-corrected chi connectivity index (χ1v) is 10.1. The number of hydrogen-bond donors (Lipinski definition) is 3. The molecule has 1 aliphatic carbocycles. The molecule has 1 aromatic rings. The molecule has 0 spiro atoms. The van der Waals surface area contributed by atoms with E-state index in [1.807, 2.05) is 12.1 Å². The standard InChI is InChI=1S/C20H28N4O5/c1-2-29-19(26)16(21)11-22-18(25)14-8-12(9-14)10-15-6-5-13-4-3-7-24(20(27)28)17(13)23-15/h5-6,12,14,16H,2-4,7-11,21H2,1H3,(H,22,25)(H,27,28)/t12-,14+,16?. The Morgan fingerprint density at radius 1 is 1.38 bits per heavy atom. The van der Waals surface area contributed by atoms with E-state index in [4.69, 9.17) is 10.5 Å². The molecule has 1 unspecified atom stereocenters. The highest BCUT2D eigenvalue weighted by Gasteiger charge is 2.35. The Kier molecular flexibility index (Phi) is 6.68. The largest absolute Gasteiger partial charge is 0.465 e. The van der Waals surface area contributed by atoms with Gasteiger partial charge in [0.15, 0.2) is 0 Å². The third kappa shape index (κ3) is 5.03. The van der Waals surface area contributed by atoms with Crippen LogP contribution in [-0.4, -0.2) is 53.8 Å². The number of hydrogen-bond acceptors (Lipinski definition) is 6. The van der Waals surface area contributed by atoms with E-state index in [1.165, 1.54) is 4.90 Å². The topological polar surface area (TPSA) is 135 Å². The lowest BCUT2D eigenvalue weighted by molar-refractivity contribution is -0.144. The number of ether oxygens (including phenoxy) is 1. The van der Waals surface area contributed by atoms with E-state index in [0.717, 1.165) is 36.9 Å². The predicted octanol–water partition coefficient (Wildman–Crippen LogP) is 1.09. The maximum Gasteiger partial charge on any atom is 0.413 e. The molecule has 2 aliphatic rings. The monoisotopic (exact) mass is 404 g/mol. The summed E-state index contributed by atoms with van der Waals surface area (Å²) >= 11 is 0. The Labute approximate surface area is 169 Å². The van der Waals surface area contributed by atoms with Crippen molar-refractivity contribution in [3.63, 3.8) is 0 Å². The first-order chi connectivity index (χ1) is 13.9. The van der Waals surface area contributed by atoms with Gasteiger partial charge in [0.2, 0.25) is 5.91 Å². The summed E-state index contributed by atoms with van der Waals surface area (Å²) in [6, 6.07) is 3.06.